The van der Waals surface area contributed by atoms with E-state index in [1.54, 1.807) is 14.2 Å². The molecule has 0 bridgehead atoms. The van der Waals surface area contributed by atoms with Crippen molar-refractivity contribution in [3.05, 3.63) is 0 Å². The van der Waals surface area contributed by atoms with E-state index in [-0.39, 0.29) is 17.1 Å². The lowest BCUT2D eigenvalue weighted by atomic mass is 9.68. The average Bonchev–Trinajstić information content (AvgIpc) is 2.16. The van der Waals surface area contributed by atoms with Gasteiger partial charge in [0.1, 0.15) is 0 Å². The highest BCUT2D eigenvalue weighted by Crippen LogP contribution is 2.42. The van der Waals surface area contributed by atoms with Gasteiger partial charge in [-0.1, -0.05) is 20.3 Å². The zero-order valence-corrected chi connectivity index (χ0v) is 10.8. The van der Waals surface area contributed by atoms with Crippen molar-refractivity contribution in [2.45, 2.75) is 59.2 Å². The van der Waals surface area contributed by atoms with Crippen LogP contribution in [0.1, 0.15) is 47.5 Å². The van der Waals surface area contributed by atoms with E-state index in [9.17, 15) is 0 Å². The molecule has 0 saturated heterocycles. The molecule has 2 heteroatoms. The third-order valence-electron chi connectivity index (χ3n) is 3.91. The smallest absolute Gasteiger partial charge is 0.0700 e. The second-order valence-corrected chi connectivity index (χ2v) is 4.76. The van der Waals surface area contributed by atoms with Gasteiger partial charge < -0.3 is 9.47 Å². The van der Waals surface area contributed by atoms with Gasteiger partial charge in [0, 0.05) is 19.6 Å². The Balaban J connectivity index is 4.87. The highest BCUT2D eigenvalue weighted by atomic mass is 16.5. The number of ether oxygens (including phenoxy) is 2. The van der Waals surface area contributed by atoms with Gasteiger partial charge in [-0.3, -0.25) is 0 Å². The molecule has 0 spiro atoms. The van der Waals surface area contributed by atoms with Gasteiger partial charge in [0.25, 0.3) is 0 Å². The van der Waals surface area contributed by atoms with Gasteiger partial charge in [-0.15, -0.1) is 0 Å². The van der Waals surface area contributed by atoms with E-state index in [2.05, 4.69) is 34.6 Å². The standard InChI is InChI=1S/C12H26O2/c1-8-9-12(5,10(2)13-6)11(3,4)14-7/h10H,8-9H2,1-7H3. The van der Waals surface area contributed by atoms with Gasteiger partial charge >= 0.3 is 0 Å². The van der Waals surface area contributed by atoms with Gasteiger partial charge in [0.05, 0.1) is 11.7 Å². The minimum absolute atomic E-state index is 0.0608. The van der Waals surface area contributed by atoms with Crippen LogP contribution in [0.2, 0.25) is 0 Å². The quantitative estimate of drug-likeness (QED) is 0.658. The lowest BCUT2D eigenvalue weighted by Crippen LogP contribution is -2.50. The fraction of sp³-hybridized carbons (Fsp3) is 1.00. The molecule has 0 fully saturated rings. The molecule has 0 heterocycles. The van der Waals surface area contributed by atoms with E-state index in [0.29, 0.717) is 0 Å². The third kappa shape index (κ3) is 2.48. The van der Waals surface area contributed by atoms with Gasteiger partial charge in [-0.25, -0.2) is 0 Å². The van der Waals surface area contributed by atoms with Crippen LogP contribution in [0.15, 0.2) is 0 Å². The highest BCUT2D eigenvalue weighted by molar-refractivity contribution is 4.95. The van der Waals surface area contributed by atoms with Gasteiger partial charge in [-0.2, -0.15) is 0 Å². The van der Waals surface area contributed by atoms with Crippen molar-refractivity contribution >= 4 is 0 Å². The summed E-state index contributed by atoms with van der Waals surface area (Å²) in [5.41, 5.74) is -0.0936. The lowest BCUT2D eigenvalue weighted by molar-refractivity contribution is -0.142. The number of rotatable bonds is 6. The molecule has 0 N–H and O–H groups in total. The van der Waals surface area contributed by atoms with Crippen LogP contribution in [0, 0.1) is 5.41 Å². The van der Waals surface area contributed by atoms with Crippen LogP contribution in [0.25, 0.3) is 0 Å². The molecule has 86 valence electrons. The van der Waals surface area contributed by atoms with Crippen LogP contribution in [0.3, 0.4) is 0 Å². The minimum Gasteiger partial charge on any atom is -0.381 e. The maximum atomic E-state index is 5.60. The second-order valence-electron chi connectivity index (χ2n) is 4.76. The van der Waals surface area contributed by atoms with E-state index >= 15 is 0 Å². The van der Waals surface area contributed by atoms with Crippen LogP contribution >= 0.6 is 0 Å². The molecule has 0 aliphatic carbocycles. The van der Waals surface area contributed by atoms with Crippen molar-refractivity contribution in [3.8, 4) is 0 Å². The fourth-order valence-electron chi connectivity index (χ4n) is 2.01. The molecule has 0 radical (unpaired) electrons. The summed E-state index contributed by atoms with van der Waals surface area (Å²) >= 11 is 0. The Morgan fingerprint density at radius 2 is 1.64 bits per heavy atom. The third-order valence-corrected chi connectivity index (χ3v) is 3.91. The molecule has 2 nitrogen and oxygen atoms in total. The number of methoxy groups -OCH3 is 2. The molecule has 0 rings (SSSR count). The predicted octanol–water partition coefficient (Wildman–Crippen LogP) is 3.25. The highest BCUT2D eigenvalue weighted by Gasteiger charge is 2.45. The molecular formula is C12H26O2. The monoisotopic (exact) mass is 202 g/mol. The first-order valence-electron chi connectivity index (χ1n) is 5.43. The summed E-state index contributed by atoms with van der Waals surface area (Å²) in [6.07, 6.45) is 2.47. The SMILES string of the molecule is CCCC(C)(C(C)OC)C(C)(C)OC. The minimum atomic E-state index is -0.154. The Labute approximate surface area is 89.0 Å². The molecule has 2 atom stereocenters. The summed E-state index contributed by atoms with van der Waals surface area (Å²) in [7, 11) is 3.54. The molecule has 14 heavy (non-hydrogen) atoms. The van der Waals surface area contributed by atoms with Crippen LogP contribution in [0.5, 0.6) is 0 Å². The van der Waals surface area contributed by atoms with Crippen molar-refractivity contribution in [2.24, 2.45) is 5.41 Å². The first-order chi connectivity index (χ1) is 6.35. The molecule has 0 aromatic carbocycles. The predicted molar refractivity (Wildman–Crippen MR) is 60.6 cm³/mol. The Hall–Kier alpha value is -0.0800. The maximum absolute atomic E-state index is 5.60. The van der Waals surface area contributed by atoms with E-state index in [1.807, 2.05) is 0 Å². The van der Waals surface area contributed by atoms with Crippen LogP contribution in [-0.4, -0.2) is 25.9 Å². The molecule has 0 aliphatic heterocycles. The zero-order chi connectivity index (χ0) is 11.4. The normalized spacial score (nSPS) is 19.1. The van der Waals surface area contributed by atoms with Crippen molar-refractivity contribution in [1.82, 2.24) is 0 Å². The van der Waals surface area contributed by atoms with E-state index in [1.165, 1.54) is 0 Å². The summed E-state index contributed by atoms with van der Waals surface area (Å²) < 4.78 is 11.1. The molecule has 0 aliphatic rings. The first-order valence-corrected chi connectivity index (χ1v) is 5.43. The van der Waals surface area contributed by atoms with E-state index < -0.39 is 0 Å². The number of hydrogen-bond acceptors (Lipinski definition) is 2. The zero-order valence-electron chi connectivity index (χ0n) is 10.8. The largest absolute Gasteiger partial charge is 0.381 e. The maximum Gasteiger partial charge on any atom is 0.0700 e. The second kappa shape index (κ2) is 5.13. The molecule has 0 aromatic rings. The van der Waals surface area contributed by atoms with Crippen molar-refractivity contribution in [1.29, 1.82) is 0 Å². The van der Waals surface area contributed by atoms with E-state index in [0.717, 1.165) is 12.8 Å². The van der Waals surface area contributed by atoms with Gasteiger partial charge in [0.2, 0.25) is 0 Å². The van der Waals surface area contributed by atoms with Crippen molar-refractivity contribution in [3.63, 3.8) is 0 Å². The van der Waals surface area contributed by atoms with Crippen LogP contribution in [-0.2, 0) is 9.47 Å². The van der Waals surface area contributed by atoms with E-state index in [4.69, 9.17) is 9.47 Å². The summed E-state index contributed by atoms with van der Waals surface area (Å²) in [5.74, 6) is 0. The number of hydrogen-bond donors (Lipinski definition) is 0. The fourth-order valence-corrected chi connectivity index (χ4v) is 2.01. The molecule has 0 saturated carbocycles. The molecule has 0 amide bonds. The van der Waals surface area contributed by atoms with Crippen LogP contribution < -0.4 is 0 Å². The summed E-state index contributed by atoms with van der Waals surface area (Å²) in [5, 5.41) is 0. The van der Waals surface area contributed by atoms with Crippen LogP contribution in [0.4, 0.5) is 0 Å². The average molecular weight is 202 g/mol. The Kier molecular flexibility index (Phi) is 5.10. The lowest BCUT2D eigenvalue weighted by Gasteiger charge is -2.46. The topological polar surface area (TPSA) is 18.5 Å². The Bertz CT molecular complexity index is 166. The van der Waals surface area contributed by atoms with Gasteiger partial charge in [0.15, 0.2) is 0 Å². The molecular weight excluding hydrogens is 176 g/mol. The van der Waals surface area contributed by atoms with Crippen molar-refractivity contribution < 1.29 is 9.47 Å². The Morgan fingerprint density at radius 1 is 1.14 bits per heavy atom. The summed E-state index contributed by atoms with van der Waals surface area (Å²) in [4.78, 5) is 0. The molecule has 2 unspecified atom stereocenters. The first kappa shape index (κ1) is 13.9. The van der Waals surface area contributed by atoms with Crippen molar-refractivity contribution in [2.75, 3.05) is 14.2 Å². The Morgan fingerprint density at radius 3 is 1.93 bits per heavy atom. The summed E-state index contributed by atoms with van der Waals surface area (Å²) in [6.45, 7) is 10.8. The summed E-state index contributed by atoms with van der Waals surface area (Å²) in [6, 6.07) is 0. The molecule has 0 aromatic heterocycles. The van der Waals surface area contributed by atoms with Gasteiger partial charge in [-0.05, 0) is 27.2 Å².